The molecule has 0 N–H and O–H groups in total. The van der Waals surface area contributed by atoms with E-state index in [1.165, 1.54) is 7.11 Å². The lowest BCUT2D eigenvalue weighted by atomic mass is 10.0. The second-order valence-corrected chi connectivity index (χ2v) is 7.28. The molecule has 0 amide bonds. The van der Waals surface area contributed by atoms with E-state index in [0.717, 1.165) is 10.0 Å². The molecular formula is C22H24BrNO6. The zero-order chi connectivity index (χ0) is 21.5. The van der Waals surface area contributed by atoms with Gasteiger partial charge in [-0.3, -0.25) is 9.79 Å². The molecule has 0 spiro atoms. The van der Waals surface area contributed by atoms with Crippen molar-refractivity contribution >= 4 is 27.9 Å². The smallest absolute Gasteiger partial charge is 0.187 e. The van der Waals surface area contributed by atoms with Crippen LogP contribution in [-0.4, -0.2) is 52.6 Å². The second kappa shape index (κ2) is 10.4. The molecule has 7 nitrogen and oxygen atoms in total. The molecule has 0 radical (unpaired) electrons. The van der Waals surface area contributed by atoms with Crippen molar-refractivity contribution in [2.45, 2.75) is 13.0 Å². The van der Waals surface area contributed by atoms with Gasteiger partial charge in [0.1, 0.15) is 25.9 Å². The predicted molar refractivity (Wildman–Crippen MR) is 117 cm³/mol. The molecule has 0 saturated carbocycles. The number of halogens is 1. The molecule has 0 aliphatic carbocycles. The van der Waals surface area contributed by atoms with Gasteiger partial charge in [-0.2, -0.15) is 0 Å². The van der Waals surface area contributed by atoms with Crippen LogP contribution in [0.1, 0.15) is 24.2 Å². The van der Waals surface area contributed by atoms with E-state index in [1.807, 2.05) is 19.1 Å². The van der Waals surface area contributed by atoms with Crippen molar-refractivity contribution < 1.29 is 28.5 Å². The van der Waals surface area contributed by atoms with E-state index in [9.17, 15) is 4.79 Å². The zero-order valence-corrected chi connectivity index (χ0v) is 18.7. The number of aliphatic imine (C=N–C) groups is 1. The van der Waals surface area contributed by atoms with Gasteiger partial charge in [0.05, 0.1) is 18.2 Å². The van der Waals surface area contributed by atoms with Gasteiger partial charge < -0.3 is 23.7 Å². The van der Waals surface area contributed by atoms with Crippen molar-refractivity contribution in [2.24, 2.45) is 4.99 Å². The summed E-state index contributed by atoms with van der Waals surface area (Å²) in [4.78, 5) is 17.0. The number of hydrogen-bond acceptors (Lipinski definition) is 7. The quantitative estimate of drug-likeness (QED) is 0.508. The summed E-state index contributed by atoms with van der Waals surface area (Å²) in [6.45, 7) is 3.37. The highest BCUT2D eigenvalue weighted by atomic mass is 79.9. The fraction of sp³-hybridized carbons (Fsp3) is 0.364. The molecule has 8 heteroatoms. The van der Waals surface area contributed by atoms with E-state index < -0.39 is 6.10 Å². The third-order valence-corrected chi connectivity index (χ3v) is 5.01. The van der Waals surface area contributed by atoms with Crippen LogP contribution in [0.2, 0.25) is 0 Å². The zero-order valence-electron chi connectivity index (χ0n) is 17.1. The molecule has 1 aliphatic rings. The molecule has 3 rings (SSSR count). The van der Waals surface area contributed by atoms with Crippen LogP contribution in [-0.2, 0) is 9.53 Å². The van der Waals surface area contributed by atoms with Gasteiger partial charge in [0, 0.05) is 13.3 Å². The first-order valence-electron chi connectivity index (χ1n) is 9.52. The molecule has 0 aromatic heterocycles. The van der Waals surface area contributed by atoms with Gasteiger partial charge in [-0.05, 0) is 58.2 Å². The van der Waals surface area contributed by atoms with Crippen molar-refractivity contribution in [2.75, 3.05) is 40.6 Å². The Bertz CT molecular complexity index is 930. The van der Waals surface area contributed by atoms with Gasteiger partial charge in [0.2, 0.25) is 0 Å². The molecule has 1 heterocycles. The molecule has 2 aromatic rings. The van der Waals surface area contributed by atoms with Crippen LogP contribution in [0.3, 0.4) is 0 Å². The second-order valence-electron chi connectivity index (χ2n) is 6.42. The Kier molecular flexibility index (Phi) is 7.70. The summed E-state index contributed by atoms with van der Waals surface area (Å²) in [5.41, 5.74) is 1.49. The molecule has 0 fully saturated rings. The third kappa shape index (κ3) is 5.12. The van der Waals surface area contributed by atoms with E-state index >= 15 is 0 Å². The van der Waals surface area contributed by atoms with Gasteiger partial charge in [0.25, 0.3) is 0 Å². The van der Waals surface area contributed by atoms with Crippen LogP contribution in [0.25, 0.3) is 0 Å². The Morgan fingerprint density at radius 1 is 1.20 bits per heavy atom. The van der Waals surface area contributed by atoms with Crippen LogP contribution < -0.4 is 18.9 Å². The molecule has 1 atom stereocenters. The van der Waals surface area contributed by atoms with E-state index in [4.69, 9.17) is 23.7 Å². The minimum absolute atomic E-state index is 0.0272. The number of carbonyl (C=O) groups is 1. The summed E-state index contributed by atoms with van der Waals surface area (Å²) >= 11 is 3.47. The largest absolute Gasteiger partial charge is 0.492 e. The molecule has 0 bridgehead atoms. The Hall–Kier alpha value is -2.58. The average Bonchev–Trinajstić information content (AvgIpc) is 2.74. The molecule has 1 unspecified atom stereocenters. The van der Waals surface area contributed by atoms with Gasteiger partial charge in [0.15, 0.2) is 28.8 Å². The molecule has 2 aromatic carbocycles. The molecular weight excluding hydrogens is 454 g/mol. The maximum Gasteiger partial charge on any atom is 0.187 e. The summed E-state index contributed by atoms with van der Waals surface area (Å²) < 4.78 is 28.3. The van der Waals surface area contributed by atoms with Crippen molar-refractivity contribution in [3.05, 3.63) is 45.9 Å². The molecule has 160 valence electrons. The lowest BCUT2D eigenvalue weighted by Gasteiger charge is -2.20. The fourth-order valence-corrected chi connectivity index (χ4v) is 3.75. The fourth-order valence-electron chi connectivity index (χ4n) is 3.12. The number of methoxy groups -OCH3 is 2. The van der Waals surface area contributed by atoms with Crippen LogP contribution >= 0.6 is 15.9 Å². The minimum Gasteiger partial charge on any atom is -0.492 e. The third-order valence-electron chi connectivity index (χ3n) is 4.42. The maximum atomic E-state index is 12.7. The van der Waals surface area contributed by atoms with E-state index in [1.54, 1.807) is 31.5 Å². The maximum absolute atomic E-state index is 12.7. The number of ether oxygens (including phenoxy) is 5. The number of rotatable bonds is 9. The van der Waals surface area contributed by atoms with Crippen molar-refractivity contribution in [1.82, 2.24) is 0 Å². The summed E-state index contributed by atoms with van der Waals surface area (Å²) in [6.07, 6.45) is 0.890. The first kappa shape index (κ1) is 22.1. The molecule has 1 aliphatic heterocycles. The number of fused-ring (bicyclic) bond motifs is 1. The normalized spacial score (nSPS) is 13.9. The number of carbonyl (C=O) groups excluding carboxylic acids is 1. The van der Waals surface area contributed by atoms with Crippen LogP contribution in [0.5, 0.6) is 23.0 Å². The Morgan fingerprint density at radius 3 is 2.67 bits per heavy atom. The van der Waals surface area contributed by atoms with Crippen molar-refractivity contribution in [1.29, 1.82) is 0 Å². The van der Waals surface area contributed by atoms with E-state index in [-0.39, 0.29) is 12.3 Å². The summed E-state index contributed by atoms with van der Waals surface area (Å²) in [5, 5.41) is 0. The Labute approximate surface area is 184 Å². The Balaban J connectivity index is 1.71. The number of ketones is 1. The first-order valence-corrected chi connectivity index (χ1v) is 10.3. The van der Waals surface area contributed by atoms with Crippen LogP contribution in [0.4, 0.5) is 0 Å². The topological polar surface area (TPSA) is 75.6 Å². The van der Waals surface area contributed by atoms with E-state index in [0.29, 0.717) is 48.4 Å². The lowest BCUT2D eigenvalue weighted by Crippen LogP contribution is -2.19. The molecule has 30 heavy (non-hydrogen) atoms. The number of hydrogen-bond donors (Lipinski definition) is 0. The Morgan fingerprint density at radius 2 is 1.97 bits per heavy atom. The highest BCUT2D eigenvalue weighted by Crippen LogP contribution is 2.36. The lowest BCUT2D eigenvalue weighted by molar-refractivity contribution is -0.127. The highest BCUT2D eigenvalue weighted by molar-refractivity contribution is 9.10. The highest BCUT2D eigenvalue weighted by Gasteiger charge is 2.22. The van der Waals surface area contributed by atoms with Gasteiger partial charge in [-0.25, -0.2) is 0 Å². The summed E-state index contributed by atoms with van der Waals surface area (Å²) in [6, 6.07) is 9.04. The van der Waals surface area contributed by atoms with Crippen LogP contribution in [0.15, 0.2) is 39.8 Å². The number of benzene rings is 2. The van der Waals surface area contributed by atoms with Crippen molar-refractivity contribution in [3.63, 3.8) is 0 Å². The number of Topliss-reactive ketones (excluding diaryl/α,β-unsaturated/α-hetero) is 1. The average molecular weight is 478 g/mol. The number of nitrogens with zero attached hydrogens (tertiary/aromatic N) is 1. The van der Waals surface area contributed by atoms with E-state index in [2.05, 4.69) is 20.9 Å². The van der Waals surface area contributed by atoms with Crippen molar-refractivity contribution in [3.8, 4) is 23.0 Å². The van der Waals surface area contributed by atoms with Gasteiger partial charge >= 0.3 is 0 Å². The minimum atomic E-state index is -0.737. The SMILES string of the molecule is CCOc1cc(C=NCC(=O)C(OC)c2ccc3c(c2)OCCO3)cc(Br)c1OC. The first-order chi connectivity index (χ1) is 14.6. The predicted octanol–water partition coefficient (Wildman–Crippen LogP) is 4.00. The van der Waals surface area contributed by atoms with Gasteiger partial charge in [-0.15, -0.1) is 0 Å². The summed E-state index contributed by atoms with van der Waals surface area (Å²) in [7, 11) is 3.08. The van der Waals surface area contributed by atoms with Gasteiger partial charge in [-0.1, -0.05) is 6.07 Å². The monoisotopic (exact) mass is 477 g/mol. The standard InChI is InChI=1S/C22H24BrNO6/c1-4-28-20-10-14(9-16(23)22(20)27-3)12-24-13-17(25)21(26-2)15-5-6-18-19(11-15)30-8-7-29-18/h5-6,9-12,21H,4,7-8,13H2,1-3H3. The van der Waals surface area contributed by atoms with Crippen LogP contribution in [0, 0.1) is 0 Å². The molecule has 0 saturated heterocycles. The summed E-state index contributed by atoms with van der Waals surface area (Å²) in [5.74, 6) is 2.34.